The van der Waals surface area contributed by atoms with Crippen LogP contribution in [0.25, 0.3) is 11.0 Å². The summed E-state index contributed by atoms with van der Waals surface area (Å²) in [7, 11) is 1.55. The van der Waals surface area contributed by atoms with Crippen LogP contribution in [0.4, 0.5) is 0 Å². The second-order valence-electron chi connectivity index (χ2n) is 7.72. The minimum Gasteiger partial charge on any atom is -0.497 e. The molecule has 1 aliphatic rings. The highest BCUT2D eigenvalue weighted by Crippen LogP contribution is 2.28. The van der Waals surface area contributed by atoms with E-state index in [1.165, 1.54) is 0 Å². The van der Waals surface area contributed by atoms with Crippen molar-refractivity contribution in [2.24, 2.45) is 11.8 Å². The summed E-state index contributed by atoms with van der Waals surface area (Å²) in [6.07, 6.45) is 3.48. The van der Waals surface area contributed by atoms with Gasteiger partial charge in [-0.05, 0) is 62.6 Å². The van der Waals surface area contributed by atoms with E-state index >= 15 is 0 Å². The molecule has 7 heteroatoms. The topological polar surface area (TPSA) is 106 Å². The lowest BCUT2D eigenvalue weighted by Gasteiger charge is -2.26. The van der Waals surface area contributed by atoms with E-state index in [9.17, 15) is 14.4 Å². The van der Waals surface area contributed by atoms with Gasteiger partial charge in [-0.2, -0.15) is 0 Å². The summed E-state index contributed by atoms with van der Waals surface area (Å²) in [5.74, 6) is -0.159. The molecule has 1 aliphatic carbocycles. The molecule has 0 spiro atoms. The lowest BCUT2D eigenvalue weighted by atomic mass is 9.82. The fourth-order valence-electron chi connectivity index (χ4n) is 3.99. The van der Waals surface area contributed by atoms with Crippen LogP contribution < -0.4 is 15.7 Å². The van der Waals surface area contributed by atoms with Gasteiger partial charge in [0, 0.05) is 30.0 Å². The number of hydrogen-bond acceptors (Lipinski definition) is 5. The maximum Gasteiger partial charge on any atom is 0.339 e. The van der Waals surface area contributed by atoms with Gasteiger partial charge in [0.2, 0.25) is 5.91 Å². The van der Waals surface area contributed by atoms with Gasteiger partial charge < -0.3 is 19.6 Å². The second kappa shape index (κ2) is 9.11. The fraction of sp³-hybridized carbons (Fsp3) is 0.500. The molecule has 1 fully saturated rings. The Morgan fingerprint density at radius 1 is 1.24 bits per heavy atom. The Morgan fingerprint density at radius 2 is 1.97 bits per heavy atom. The Morgan fingerprint density at radius 3 is 2.62 bits per heavy atom. The van der Waals surface area contributed by atoms with Crippen LogP contribution in [-0.4, -0.2) is 30.6 Å². The molecule has 1 heterocycles. The lowest BCUT2D eigenvalue weighted by Crippen LogP contribution is -2.32. The highest BCUT2D eigenvalue weighted by molar-refractivity contribution is 5.82. The molecule has 0 unspecified atom stereocenters. The number of carboxylic acids is 1. The minimum absolute atomic E-state index is 0.112. The van der Waals surface area contributed by atoms with Gasteiger partial charge in [-0.15, -0.1) is 0 Å². The number of hydrogen-bond donors (Lipinski definition) is 2. The summed E-state index contributed by atoms with van der Waals surface area (Å²) < 4.78 is 10.6. The summed E-state index contributed by atoms with van der Waals surface area (Å²) in [6, 6.07) is 5.34. The van der Waals surface area contributed by atoms with E-state index in [1.807, 2.05) is 19.1 Å². The summed E-state index contributed by atoms with van der Waals surface area (Å²) in [6.45, 7) is 2.41. The van der Waals surface area contributed by atoms with Crippen LogP contribution in [0.3, 0.4) is 0 Å². The molecule has 0 aliphatic heterocycles. The molecular weight excluding hydrogens is 374 g/mol. The van der Waals surface area contributed by atoms with Crippen molar-refractivity contribution < 1.29 is 23.8 Å². The molecule has 0 bridgehead atoms. The first-order valence-electron chi connectivity index (χ1n) is 9.99. The lowest BCUT2D eigenvalue weighted by molar-refractivity contribution is -0.143. The Labute approximate surface area is 169 Å². The number of aliphatic carboxylic acids is 1. The third-order valence-electron chi connectivity index (χ3n) is 5.88. The molecule has 1 aromatic carbocycles. The number of amides is 1. The number of ether oxygens (including phenoxy) is 1. The first kappa shape index (κ1) is 20.9. The van der Waals surface area contributed by atoms with E-state index in [0.29, 0.717) is 48.6 Å². The van der Waals surface area contributed by atoms with Crippen molar-refractivity contribution >= 4 is 22.8 Å². The summed E-state index contributed by atoms with van der Waals surface area (Å²) in [4.78, 5) is 35.6. The van der Waals surface area contributed by atoms with E-state index in [-0.39, 0.29) is 18.2 Å². The van der Waals surface area contributed by atoms with Crippen molar-refractivity contribution in [1.29, 1.82) is 0 Å². The number of carbonyl (C=O) groups is 2. The molecule has 156 valence electrons. The maximum atomic E-state index is 12.4. The van der Waals surface area contributed by atoms with Crippen molar-refractivity contribution in [3.8, 4) is 5.75 Å². The molecule has 1 amide bonds. The zero-order chi connectivity index (χ0) is 21.0. The molecule has 29 heavy (non-hydrogen) atoms. The van der Waals surface area contributed by atoms with E-state index in [1.54, 1.807) is 13.2 Å². The van der Waals surface area contributed by atoms with Crippen molar-refractivity contribution in [3.05, 3.63) is 39.7 Å². The smallest absolute Gasteiger partial charge is 0.339 e. The van der Waals surface area contributed by atoms with E-state index < -0.39 is 11.6 Å². The first-order valence-corrected chi connectivity index (χ1v) is 9.99. The van der Waals surface area contributed by atoms with Gasteiger partial charge in [-0.25, -0.2) is 4.79 Å². The molecule has 0 atom stereocenters. The molecule has 1 saturated carbocycles. The number of nitrogens with one attached hydrogen (secondary N) is 1. The van der Waals surface area contributed by atoms with Gasteiger partial charge in [0.15, 0.2) is 0 Å². The SMILES string of the molecule is COc1ccc2c(C)c(CCC(=O)NCC3CCC(C(=O)O)CC3)c(=O)oc2c1. The van der Waals surface area contributed by atoms with Gasteiger partial charge in [0.1, 0.15) is 11.3 Å². The summed E-state index contributed by atoms with van der Waals surface area (Å²) in [5, 5.41) is 12.8. The van der Waals surface area contributed by atoms with E-state index in [2.05, 4.69) is 5.32 Å². The van der Waals surface area contributed by atoms with Crippen molar-refractivity contribution in [3.63, 3.8) is 0 Å². The van der Waals surface area contributed by atoms with Gasteiger partial charge in [-0.1, -0.05) is 0 Å². The number of carboxylic acid groups (broad SMARTS) is 1. The van der Waals surface area contributed by atoms with Crippen LogP contribution in [-0.2, 0) is 16.0 Å². The zero-order valence-corrected chi connectivity index (χ0v) is 16.8. The predicted octanol–water partition coefficient (Wildman–Crippen LogP) is 3.05. The van der Waals surface area contributed by atoms with E-state index in [4.69, 9.17) is 14.3 Å². The quantitative estimate of drug-likeness (QED) is 0.691. The molecule has 0 saturated heterocycles. The third kappa shape index (κ3) is 4.96. The molecule has 2 N–H and O–H groups in total. The van der Waals surface area contributed by atoms with Crippen LogP contribution in [0.5, 0.6) is 5.75 Å². The zero-order valence-electron chi connectivity index (χ0n) is 16.8. The van der Waals surface area contributed by atoms with Crippen molar-refractivity contribution in [2.75, 3.05) is 13.7 Å². The van der Waals surface area contributed by atoms with Gasteiger partial charge in [0.05, 0.1) is 13.0 Å². The fourth-order valence-corrected chi connectivity index (χ4v) is 3.99. The maximum absolute atomic E-state index is 12.4. The number of fused-ring (bicyclic) bond motifs is 1. The number of rotatable bonds is 7. The van der Waals surface area contributed by atoms with Crippen LogP contribution in [0.2, 0.25) is 0 Å². The highest BCUT2D eigenvalue weighted by atomic mass is 16.5. The van der Waals surface area contributed by atoms with Gasteiger partial charge in [-0.3, -0.25) is 9.59 Å². The van der Waals surface area contributed by atoms with Crippen LogP contribution >= 0.6 is 0 Å². The summed E-state index contributed by atoms with van der Waals surface area (Å²) in [5.41, 5.74) is 1.37. The monoisotopic (exact) mass is 401 g/mol. The average molecular weight is 401 g/mol. The van der Waals surface area contributed by atoms with Crippen molar-refractivity contribution in [2.45, 2.75) is 45.4 Å². The molecule has 0 radical (unpaired) electrons. The highest BCUT2D eigenvalue weighted by Gasteiger charge is 2.26. The molecular formula is C22H27NO6. The van der Waals surface area contributed by atoms with Gasteiger partial charge >= 0.3 is 11.6 Å². The average Bonchev–Trinajstić information content (AvgIpc) is 2.71. The summed E-state index contributed by atoms with van der Waals surface area (Å²) >= 11 is 0. The number of aryl methyl sites for hydroxylation is 1. The molecule has 2 aromatic rings. The number of methoxy groups -OCH3 is 1. The second-order valence-corrected chi connectivity index (χ2v) is 7.72. The van der Waals surface area contributed by atoms with Crippen LogP contribution in [0.1, 0.15) is 43.2 Å². The van der Waals surface area contributed by atoms with Gasteiger partial charge in [0.25, 0.3) is 0 Å². The van der Waals surface area contributed by atoms with Crippen LogP contribution in [0.15, 0.2) is 27.4 Å². The molecule has 7 nitrogen and oxygen atoms in total. The van der Waals surface area contributed by atoms with Crippen molar-refractivity contribution in [1.82, 2.24) is 5.32 Å². The molecule has 1 aromatic heterocycles. The molecule has 3 rings (SSSR count). The third-order valence-corrected chi connectivity index (χ3v) is 5.88. The number of benzene rings is 1. The first-order chi connectivity index (χ1) is 13.9. The Kier molecular flexibility index (Phi) is 6.56. The van der Waals surface area contributed by atoms with E-state index in [0.717, 1.165) is 23.8 Å². The Hall–Kier alpha value is -2.83. The Balaban J connectivity index is 1.56. The standard InChI is InChI=1S/C22H27NO6/c1-13-17-8-7-16(28-2)11-19(17)29-22(27)18(13)9-10-20(24)23-12-14-3-5-15(6-4-14)21(25)26/h7-8,11,14-15H,3-6,9-10,12H2,1-2H3,(H,23,24)(H,25,26). The Bertz CT molecular complexity index is 956. The number of carbonyl (C=O) groups excluding carboxylic acids is 1. The normalized spacial score (nSPS) is 19.1. The van der Waals surface area contributed by atoms with Crippen LogP contribution in [0, 0.1) is 18.8 Å². The predicted molar refractivity (Wildman–Crippen MR) is 108 cm³/mol. The minimum atomic E-state index is -0.726. The largest absolute Gasteiger partial charge is 0.497 e.